The minimum Gasteiger partial charge on any atom is -0.378 e. The summed E-state index contributed by atoms with van der Waals surface area (Å²) < 4.78 is 0. The molecular weight excluding hydrogens is 322 g/mol. The number of rotatable bonds is 6. The van der Waals surface area contributed by atoms with E-state index in [2.05, 4.69) is 87.5 Å². The minimum atomic E-state index is 0.777. The van der Waals surface area contributed by atoms with Crippen LogP contribution in [0.25, 0.3) is 0 Å². The Morgan fingerprint density at radius 3 is 2.35 bits per heavy atom. The summed E-state index contributed by atoms with van der Waals surface area (Å²) in [4.78, 5) is 13.1. The lowest BCUT2D eigenvalue weighted by Crippen LogP contribution is -2.17. The number of anilines is 5. The van der Waals surface area contributed by atoms with Gasteiger partial charge in [-0.25, -0.2) is 9.97 Å². The number of hydrogen-bond acceptors (Lipinski definition) is 5. The second-order valence-electron chi connectivity index (χ2n) is 6.41. The Morgan fingerprint density at radius 2 is 1.69 bits per heavy atom. The van der Waals surface area contributed by atoms with Crippen LogP contribution in [0.4, 0.5) is 28.7 Å². The van der Waals surface area contributed by atoms with E-state index in [4.69, 9.17) is 0 Å². The van der Waals surface area contributed by atoms with E-state index in [1.807, 2.05) is 20.2 Å². The van der Waals surface area contributed by atoms with Gasteiger partial charge < -0.3 is 15.1 Å². The van der Waals surface area contributed by atoms with Gasteiger partial charge in [0.15, 0.2) is 0 Å². The summed E-state index contributed by atoms with van der Waals surface area (Å²) in [7, 11) is 4.06. The summed E-state index contributed by atoms with van der Waals surface area (Å²) in [6.45, 7) is 5.05. The van der Waals surface area contributed by atoms with Crippen molar-refractivity contribution in [3.05, 3.63) is 66.5 Å². The second kappa shape index (κ2) is 7.87. The fourth-order valence-corrected chi connectivity index (χ4v) is 2.83. The summed E-state index contributed by atoms with van der Waals surface area (Å²) in [5.74, 6) is 1.65. The van der Waals surface area contributed by atoms with E-state index in [0.717, 1.165) is 35.2 Å². The third-order valence-corrected chi connectivity index (χ3v) is 4.21. The molecule has 1 heterocycles. The van der Waals surface area contributed by atoms with Crippen LogP contribution in [-0.2, 0) is 0 Å². The van der Waals surface area contributed by atoms with Gasteiger partial charge in [-0.1, -0.05) is 12.1 Å². The molecule has 3 aromatic rings. The van der Waals surface area contributed by atoms with Crippen LogP contribution >= 0.6 is 0 Å². The molecule has 0 aliphatic carbocycles. The van der Waals surface area contributed by atoms with E-state index in [-0.39, 0.29) is 0 Å². The highest BCUT2D eigenvalue weighted by Gasteiger charge is 2.10. The van der Waals surface area contributed by atoms with Gasteiger partial charge in [0, 0.05) is 43.8 Å². The molecule has 2 aromatic carbocycles. The van der Waals surface area contributed by atoms with Crippen molar-refractivity contribution in [2.45, 2.75) is 13.8 Å². The Hall–Kier alpha value is -3.08. The van der Waals surface area contributed by atoms with Crippen molar-refractivity contribution in [3.63, 3.8) is 0 Å². The first-order valence-electron chi connectivity index (χ1n) is 8.77. The largest absolute Gasteiger partial charge is 0.378 e. The molecule has 5 nitrogen and oxygen atoms in total. The van der Waals surface area contributed by atoms with Gasteiger partial charge in [-0.2, -0.15) is 0 Å². The smallest absolute Gasteiger partial charge is 0.138 e. The minimum absolute atomic E-state index is 0.777. The average molecular weight is 347 g/mol. The van der Waals surface area contributed by atoms with E-state index in [1.54, 1.807) is 6.33 Å². The van der Waals surface area contributed by atoms with Gasteiger partial charge in [-0.3, -0.25) is 0 Å². The Balaban J connectivity index is 1.83. The zero-order chi connectivity index (χ0) is 18.5. The number of aromatic nitrogens is 2. The first kappa shape index (κ1) is 17.7. The Labute approximate surface area is 155 Å². The average Bonchev–Trinajstić information content (AvgIpc) is 2.63. The lowest BCUT2D eigenvalue weighted by molar-refractivity contribution is 0.976. The maximum absolute atomic E-state index is 4.46. The number of nitrogens with zero attached hydrogens (tertiary/aromatic N) is 4. The highest BCUT2D eigenvalue weighted by Crippen LogP contribution is 2.26. The molecule has 0 saturated carbocycles. The Bertz CT molecular complexity index is 858. The Morgan fingerprint density at radius 1 is 0.923 bits per heavy atom. The van der Waals surface area contributed by atoms with Crippen molar-refractivity contribution in [1.29, 1.82) is 0 Å². The van der Waals surface area contributed by atoms with Crippen LogP contribution < -0.4 is 15.1 Å². The molecule has 0 amide bonds. The van der Waals surface area contributed by atoms with Gasteiger partial charge in [0.05, 0.1) is 0 Å². The van der Waals surface area contributed by atoms with Crippen molar-refractivity contribution in [2.75, 3.05) is 35.8 Å². The third-order valence-electron chi connectivity index (χ3n) is 4.21. The van der Waals surface area contributed by atoms with Crippen LogP contribution in [0.3, 0.4) is 0 Å². The van der Waals surface area contributed by atoms with Crippen molar-refractivity contribution in [2.24, 2.45) is 0 Å². The van der Waals surface area contributed by atoms with Gasteiger partial charge in [0.2, 0.25) is 0 Å². The van der Waals surface area contributed by atoms with Crippen molar-refractivity contribution in [1.82, 2.24) is 9.97 Å². The maximum atomic E-state index is 4.46. The van der Waals surface area contributed by atoms with Crippen molar-refractivity contribution >= 4 is 28.7 Å². The van der Waals surface area contributed by atoms with E-state index in [0.29, 0.717) is 0 Å². The fourth-order valence-electron chi connectivity index (χ4n) is 2.83. The van der Waals surface area contributed by atoms with Crippen LogP contribution in [0.15, 0.2) is 60.9 Å². The normalized spacial score (nSPS) is 10.5. The molecule has 0 spiro atoms. The molecule has 0 fully saturated rings. The number of aryl methyl sites for hydroxylation is 1. The summed E-state index contributed by atoms with van der Waals surface area (Å²) in [5, 5.41) is 3.36. The second-order valence-corrected chi connectivity index (χ2v) is 6.41. The molecule has 0 radical (unpaired) electrons. The van der Waals surface area contributed by atoms with Crippen LogP contribution in [0, 0.1) is 6.92 Å². The molecule has 134 valence electrons. The third kappa shape index (κ3) is 4.11. The summed E-state index contributed by atoms with van der Waals surface area (Å²) in [6, 6.07) is 18.7. The van der Waals surface area contributed by atoms with Gasteiger partial charge in [0.1, 0.15) is 18.0 Å². The number of nitrogens with one attached hydrogen (secondary N) is 1. The van der Waals surface area contributed by atoms with Crippen LogP contribution in [0.5, 0.6) is 0 Å². The van der Waals surface area contributed by atoms with E-state index in [1.165, 1.54) is 5.56 Å². The zero-order valence-corrected chi connectivity index (χ0v) is 15.8. The zero-order valence-electron chi connectivity index (χ0n) is 15.8. The van der Waals surface area contributed by atoms with E-state index < -0.39 is 0 Å². The van der Waals surface area contributed by atoms with Crippen molar-refractivity contribution in [3.8, 4) is 0 Å². The molecule has 1 N–H and O–H groups in total. The van der Waals surface area contributed by atoms with Crippen LogP contribution in [-0.4, -0.2) is 30.6 Å². The molecule has 26 heavy (non-hydrogen) atoms. The summed E-state index contributed by atoms with van der Waals surface area (Å²) >= 11 is 0. The quantitative estimate of drug-likeness (QED) is 0.697. The first-order chi connectivity index (χ1) is 12.6. The number of hydrogen-bond donors (Lipinski definition) is 1. The SMILES string of the molecule is CCN(c1cccc(C)c1)c1cc(Nc2ccc(N(C)C)cc2)ncn1. The summed E-state index contributed by atoms with van der Waals surface area (Å²) in [6.07, 6.45) is 1.60. The van der Waals surface area contributed by atoms with Gasteiger partial charge in [-0.15, -0.1) is 0 Å². The standard InChI is InChI=1S/C21H25N5/c1-5-26(19-8-6-7-16(2)13-19)21-14-20(22-15-23-21)24-17-9-11-18(12-10-17)25(3)4/h6-15H,5H2,1-4H3,(H,22,23,24). The van der Waals surface area contributed by atoms with Gasteiger partial charge in [0.25, 0.3) is 0 Å². The molecule has 0 aliphatic rings. The predicted molar refractivity (Wildman–Crippen MR) is 110 cm³/mol. The van der Waals surface area contributed by atoms with Gasteiger partial charge in [-0.05, 0) is 55.8 Å². The topological polar surface area (TPSA) is 44.3 Å². The van der Waals surface area contributed by atoms with Crippen LogP contribution in [0.2, 0.25) is 0 Å². The van der Waals surface area contributed by atoms with Gasteiger partial charge >= 0.3 is 0 Å². The molecule has 3 rings (SSSR count). The highest BCUT2D eigenvalue weighted by atomic mass is 15.2. The molecule has 0 atom stereocenters. The molecule has 1 aromatic heterocycles. The molecule has 0 unspecified atom stereocenters. The summed E-state index contributed by atoms with van der Waals surface area (Å²) in [5.41, 5.74) is 4.52. The molecular formula is C21H25N5. The Kier molecular flexibility index (Phi) is 5.37. The fraction of sp³-hybridized carbons (Fsp3) is 0.238. The lowest BCUT2D eigenvalue weighted by atomic mass is 10.2. The molecule has 0 bridgehead atoms. The van der Waals surface area contributed by atoms with Crippen LogP contribution in [0.1, 0.15) is 12.5 Å². The number of benzene rings is 2. The highest BCUT2D eigenvalue weighted by molar-refractivity contribution is 5.66. The molecule has 5 heteroatoms. The van der Waals surface area contributed by atoms with E-state index >= 15 is 0 Å². The predicted octanol–water partition coefficient (Wildman–Crippen LogP) is 4.75. The molecule has 0 aliphatic heterocycles. The maximum Gasteiger partial charge on any atom is 0.138 e. The van der Waals surface area contributed by atoms with Crippen molar-refractivity contribution < 1.29 is 0 Å². The first-order valence-corrected chi connectivity index (χ1v) is 8.77. The molecule has 0 saturated heterocycles. The van der Waals surface area contributed by atoms with E-state index in [9.17, 15) is 0 Å². The monoisotopic (exact) mass is 347 g/mol. The lowest BCUT2D eigenvalue weighted by Gasteiger charge is -2.22.